The van der Waals surface area contributed by atoms with E-state index in [2.05, 4.69) is 10.2 Å². The summed E-state index contributed by atoms with van der Waals surface area (Å²) < 4.78 is 2.02. The summed E-state index contributed by atoms with van der Waals surface area (Å²) in [4.78, 5) is 34.3. The van der Waals surface area contributed by atoms with Gasteiger partial charge in [-0.05, 0) is 44.2 Å². The molecule has 1 atom stereocenters. The molecule has 0 bridgehead atoms. The fraction of sp³-hybridized carbons (Fsp3) is 0.667. The second kappa shape index (κ2) is 11.1. The van der Waals surface area contributed by atoms with Gasteiger partial charge in [0.15, 0.2) is 5.82 Å². The minimum Gasteiger partial charge on any atom is -0.480 e. The largest absolute Gasteiger partial charge is 0.480 e. The van der Waals surface area contributed by atoms with Gasteiger partial charge in [-0.2, -0.15) is 0 Å². The molecule has 0 radical (unpaired) electrons. The zero-order chi connectivity index (χ0) is 24.2. The highest BCUT2D eigenvalue weighted by atomic mass is 16.4. The molecule has 1 unspecified atom stereocenters. The highest BCUT2D eigenvalue weighted by molar-refractivity contribution is 5.76. The van der Waals surface area contributed by atoms with Gasteiger partial charge in [0.1, 0.15) is 0 Å². The first kappa shape index (κ1) is 24.3. The van der Waals surface area contributed by atoms with Gasteiger partial charge < -0.3 is 24.8 Å². The number of aromatic nitrogens is 2. The monoisotopic (exact) mass is 481 g/mol. The molecule has 190 valence electrons. The maximum absolute atomic E-state index is 13.8. The number of benzene rings is 1. The Morgan fingerprint density at radius 1 is 0.943 bits per heavy atom. The Morgan fingerprint density at radius 3 is 2.40 bits per heavy atom. The number of carboxylic acids is 1. The quantitative estimate of drug-likeness (QED) is 0.653. The van der Waals surface area contributed by atoms with Crippen molar-refractivity contribution in [2.75, 3.05) is 37.6 Å². The van der Waals surface area contributed by atoms with Gasteiger partial charge in [0, 0.05) is 44.3 Å². The van der Waals surface area contributed by atoms with Crippen molar-refractivity contribution in [1.82, 2.24) is 19.8 Å². The van der Waals surface area contributed by atoms with Crippen molar-refractivity contribution < 1.29 is 9.90 Å². The molecule has 35 heavy (non-hydrogen) atoms. The van der Waals surface area contributed by atoms with E-state index in [1.165, 1.54) is 44.9 Å². The van der Waals surface area contributed by atoms with Gasteiger partial charge in [-0.15, -0.1) is 0 Å². The van der Waals surface area contributed by atoms with Gasteiger partial charge in [0.05, 0.1) is 17.6 Å². The molecule has 2 aromatic rings. The van der Waals surface area contributed by atoms with Crippen molar-refractivity contribution in [3.63, 3.8) is 0 Å². The van der Waals surface area contributed by atoms with Crippen LogP contribution in [-0.4, -0.2) is 70.3 Å². The minimum absolute atomic E-state index is 0.00742. The number of para-hydroxylation sites is 2. The predicted octanol–water partition coefficient (Wildman–Crippen LogP) is 3.40. The van der Waals surface area contributed by atoms with Crippen LogP contribution in [0.15, 0.2) is 29.1 Å². The van der Waals surface area contributed by atoms with Gasteiger partial charge in [-0.1, -0.05) is 44.2 Å². The average molecular weight is 482 g/mol. The first-order chi connectivity index (χ1) is 17.1. The molecule has 0 amide bonds. The Bertz CT molecular complexity index is 1070. The number of hydrogen-bond acceptors (Lipinski definition) is 6. The van der Waals surface area contributed by atoms with Crippen LogP contribution in [-0.2, 0) is 4.79 Å². The molecule has 1 saturated carbocycles. The molecule has 0 spiro atoms. The zero-order valence-corrected chi connectivity index (χ0v) is 20.7. The molecule has 2 aliphatic heterocycles. The summed E-state index contributed by atoms with van der Waals surface area (Å²) in [5.41, 5.74) is 1.77. The van der Waals surface area contributed by atoms with Crippen molar-refractivity contribution >= 4 is 22.8 Å². The van der Waals surface area contributed by atoms with Crippen LogP contribution in [0.25, 0.3) is 11.0 Å². The number of likely N-dealkylation sites (tertiary alicyclic amines) is 1. The summed E-state index contributed by atoms with van der Waals surface area (Å²) in [6.45, 7) is 3.36. The number of nitrogens with zero attached hydrogens (tertiary/aromatic N) is 4. The summed E-state index contributed by atoms with van der Waals surface area (Å²) in [6.07, 6.45) is 12.3. The molecule has 1 aromatic carbocycles. The lowest BCUT2D eigenvalue weighted by Gasteiger charge is -2.39. The number of hydrogen-bond donors (Lipinski definition) is 2. The number of carbonyl (C=O) groups is 1. The van der Waals surface area contributed by atoms with Crippen LogP contribution in [0.3, 0.4) is 0 Å². The normalized spacial score (nSPS) is 23.4. The van der Waals surface area contributed by atoms with Crippen molar-refractivity contribution in [2.45, 2.75) is 82.3 Å². The van der Waals surface area contributed by atoms with Gasteiger partial charge in [-0.3, -0.25) is 9.59 Å². The number of piperidine rings is 1. The summed E-state index contributed by atoms with van der Waals surface area (Å²) >= 11 is 0. The number of rotatable bonds is 6. The van der Waals surface area contributed by atoms with Crippen LogP contribution in [0.1, 0.15) is 70.3 Å². The smallest absolute Gasteiger partial charge is 0.317 e. The molecule has 2 N–H and O–H groups in total. The van der Waals surface area contributed by atoms with Crippen LogP contribution in [0.4, 0.5) is 5.82 Å². The maximum atomic E-state index is 13.8. The Kier molecular flexibility index (Phi) is 7.68. The Morgan fingerprint density at radius 2 is 1.66 bits per heavy atom. The van der Waals surface area contributed by atoms with Gasteiger partial charge in [0.2, 0.25) is 0 Å². The number of nitrogens with one attached hydrogen (secondary N) is 1. The van der Waals surface area contributed by atoms with Crippen LogP contribution in [0, 0.1) is 0 Å². The Labute approximate surface area is 207 Å². The molecule has 3 fully saturated rings. The Hall–Kier alpha value is -2.45. The second-order valence-corrected chi connectivity index (χ2v) is 10.6. The van der Waals surface area contributed by atoms with Crippen molar-refractivity contribution in [2.24, 2.45) is 0 Å². The summed E-state index contributed by atoms with van der Waals surface area (Å²) in [7, 11) is 0. The lowest BCUT2D eigenvalue weighted by atomic mass is 9.93. The van der Waals surface area contributed by atoms with Crippen LogP contribution >= 0.6 is 0 Å². The predicted molar refractivity (Wildman–Crippen MR) is 138 cm³/mol. The first-order valence-electron chi connectivity index (χ1n) is 13.6. The third kappa shape index (κ3) is 5.54. The van der Waals surface area contributed by atoms with Gasteiger partial charge in [0.25, 0.3) is 5.56 Å². The maximum Gasteiger partial charge on any atom is 0.317 e. The third-order valence-corrected chi connectivity index (χ3v) is 8.26. The fourth-order valence-electron chi connectivity index (χ4n) is 6.37. The van der Waals surface area contributed by atoms with Crippen LogP contribution in [0.2, 0.25) is 0 Å². The molecule has 3 heterocycles. The number of carboxylic acid groups (broad SMARTS) is 1. The second-order valence-electron chi connectivity index (χ2n) is 10.6. The highest BCUT2D eigenvalue weighted by Gasteiger charge is 2.31. The van der Waals surface area contributed by atoms with E-state index in [1.807, 2.05) is 33.7 Å². The number of anilines is 1. The van der Waals surface area contributed by atoms with Crippen LogP contribution < -0.4 is 15.8 Å². The van der Waals surface area contributed by atoms with Gasteiger partial charge in [-0.25, -0.2) is 4.98 Å². The highest BCUT2D eigenvalue weighted by Crippen LogP contribution is 2.30. The molecular formula is C27H39N5O3. The van der Waals surface area contributed by atoms with Crippen LogP contribution in [0.5, 0.6) is 0 Å². The summed E-state index contributed by atoms with van der Waals surface area (Å²) in [6, 6.07) is 8.93. The van der Waals surface area contributed by atoms with E-state index in [-0.39, 0.29) is 24.2 Å². The fourth-order valence-corrected chi connectivity index (χ4v) is 6.37. The number of fused-ring (bicyclic) bond motifs is 1. The van der Waals surface area contributed by atoms with Crippen molar-refractivity contribution in [3.05, 3.63) is 34.6 Å². The lowest BCUT2D eigenvalue weighted by molar-refractivity contribution is -0.136. The molecule has 1 aromatic heterocycles. The summed E-state index contributed by atoms with van der Waals surface area (Å²) in [5, 5.41) is 12.1. The zero-order valence-electron chi connectivity index (χ0n) is 20.7. The van der Waals surface area contributed by atoms with Crippen molar-refractivity contribution in [1.29, 1.82) is 0 Å². The van der Waals surface area contributed by atoms with E-state index in [1.54, 1.807) is 0 Å². The molecule has 2 saturated heterocycles. The van der Waals surface area contributed by atoms with Crippen molar-refractivity contribution in [3.8, 4) is 0 Å². The molecular weight excluding hydrogens is 442 g/mol. The van der Waals surface area contributed by atoms with E-state index in [4.69, 9.17) is 10.1 Å². The molecule has 1 aliphatic carbocycles. The van der Waals surface area contributed by atoms with E-state index in [0.717, 1.165) is 43.4 Å². The SMILES string of the molecule is O=C(O)CNC1CCN(c2nc3ccccc3n(C3CCN(C4CCCCCCC4)CC3)c2=O)C1. The van der Waals surface area contributed by atoms with E-state index < -0.39 is 5.97 Å². The van der Waals surface area contributed by atoms with E-state index >= 15 is 0 Å². The first-order valence-corrected chi connectivity index (χ1v) is 13.6. The molecule has 3 aliphatic rings. The Balaban J connectivity index is 1.35. The average Bonchev–Trinajstić information content (AvgIpc) is 3.31. The lowest BCUT2D eigenvalue weighted by Crippen LogP contribution is -2.44. The topological polar surface area (TPSA) is 90.7 Å². The standard InChI is InChI=1S/C27H39N5O3/c33-25(34)18-28-20-12-15-31(19-20)26-27(35)32(24-11-7-6-10-23(24)29-26)22-13-16-30(17-14-22)21-8-4-2-1-3-5-9-21/h6-7,10-11,20-22,28H,1-5,8-9,12-19H2,(H,33,34). The minimum atomic E-state index is -0.861. The third-order valence-electron chi connectivity index (χ3n) is 8.26. The molecule has 8 heteroatoms. The summed E-state index contributed by atoms with van der Waals surface area (Å²) in [5.74, 6) is -0.355. The molecule has 5 rings (SSSR count). The van der Waals surface area contributed by atoms with Gasteiger partial charge >= 0.3 is 5.97 Å². The van der Waals surface area contributed by atoms with E-state index in [9.17, 15) is 9.59 Å². The molecule has 8 nitrogen and oxygen atoms in total. The number of aliphatic carboxylic acids is 1. The van der Waals surface area contributed by atoms with E-state index in [0.29, 0.717) is 24.9 Å².